The van der Waals surface area contributed by atoms with Crippen molar-refractivity contribution in [2.45, 2.75) is 26.4 Å². The first-order valence-electron chi connectivity index (χ1n) is 7.21. The Morgan fingerprint density at radius 3 is 1.43 bits per heavy atom. The summed E-state index contributed by atoms with van der Waals surface area (Å²) in [7, 11) is 0. The minimum atomic E-state index is -0.791. The molecule has 1 fully saturated rings. The van der Waals surface area contributed by atoms with Gasteiger partial charge in [-0.1, -0.05) is 13.8 Å². The average molecular weight is 310 g/mol. The zero-order valence-electron chi connectivity index (χ0n) is 12.9. The molecule has 21 heavy (non-hydrogen) atoms. The summed E-state index contributed by atoms with van der Waals surface area (Å²) in [6.45, 7) is 3.28. The minimum absolute atomic E-state index is 0.00231. The van der Waals surface area contributed by atoms with E-state index < -0.39 is 10.8 Å². The molecule has 0 bridgehead atoms. The first-order chi connectivity index (χ1) is 9.94. The highest BCUT2D eigenvalue weighted by Crippen LogP contribution is 2.35. The molecule has 128 valence electrons. The van der Waals surface area contributed by atoms with E-state index in [-0.39, 0.29) is 51.7 Å². The van der Waals surface area contributed by atoms with E-state index in [1.54, 1.807) is 0 Å². The minimum Gasteiger partial charge on any atom is -0.396 e. The van der Waals surface area contributed by atoms with Crippen molar-refractivity contribution in [2.75, 3.05) is 46.2 Å². The Kier molecular flexibility index (Phi) is 9.55. The van der Waals surface area contributed by atoms with Gasteiger partial charge in [-0.2, -0.15) is 0 Å². The number of aliphatic hydroxyl groups excluding tert-OH is 6. The van der Waals surface area contributed by atoms with Gasteiger partial charge in [-0.25, -0.2) is 0 Å². The van der Waals surface area contributed by atoms with Crippen LogP contribution in [0.4, 0.5) is 0 Å². The molecule has 7 nitrogen and oxygen atoms in total. The van der Waals surface area contributed by atoms with Gasteiger partial charge < -0.3 is 35.4 Å². The van der Waals surface area contributed by atoms with Crippen LogP contribution in [0, 0.1) is 16.7 Å². The molecule has 0 saturated carbocycles. The van der Waals surface area contributed by atoms with Gasteiger partial charge in [-0.15, -0.1) is 0 Å². The number of aliphatic hydroxyl groups is 6. The highest BCUT2D eigenvalue weighted by atomic mass is 16.6. The van der Waals surface area contributed by atoms with E-state index in [9.17, 15) is 0 Å². The summed E-state index contributed by atoms with van der Waals surface area (Å²) in [6.07, 6.45) is 0.688. The molecule has 1 aliphatic heterocycles. The third-order valence-electron chi connectivity index (χ3n) is 4.58. The fraction of sp³-hybridized carbons (Fsp3) is 1.00. The largest absolute Gasteiger partial charge is 0.396 e. The van der Waals surface area contributed by atoms with Crippen LogP contribution in [0.1, 0.15) is 20.3 Å². The second kappa shape index (κ2) is 9.68. The predicted molar refractivity (Wildman–Crippen MR) is 76.6 cm³/mol. The lowest BCUT2D eigenvalue weighted by atomic mass is 9.76. The van der Waals surface area contributed by atoms with E-state index in [1.807, 2.05) is 13.8 Å². The van der Waals surface area contributed by atoms with Crippen LogP contribution in [0.25, 0.3) is 0 Å². The normalized spacial score (nSPS) is 19.7. The molecule has 0 radical (unpaired) electrons. The zero-order chi connectivity index (χ0) is 16.5. The monoisotopic (exact) mass is 310 g/mol. The quantitative estimate of drug-likeness (QED) is 0.281. The summed E-state index contributed by atoms with van der Waals surface area (Å²) in [6, 6.07) is 0. The SMILES string of the molecule is CC(C1CO1)C(CO)(CO)CO.CCC(CO)(CO)CO. The maximum atomic E-state index is 9.05. The van der Waals surface area contributed by atoms with Crippen molar-refractivity contribution in [3.8, 4) is 0 Å². The summed E-state index contributed by atoms with van der Waals surface area (Å²) >= 11 is 0. The number of hydrogen-bond acceptors (Lipinski definition) is 7. The number of rotatable bonds is 9. The molecule has 6 N–H and O–H groups in total. The Bertz CT molecular complexity index is 234. The standard InChI is InChI=1S/C8H16O4.C6H14O3/c1-6(7-2-12-7)8(3-9,4-10)5-11;1-2-6(3-7,4-8)5-9/h6-7,9-11H,2-5H2,1H3;7-9H,2-5H2,1H3. The van der Waals surface area contributed by atoms with E-state index in [1.165, 1.54) is 0 Å². The van der Waals surface area contributed by atoms with Crippen molar-refractivity contribution in [1.82, 2.24) is 0 Å². The molecule has 1 aliphatic rings. The van der Waals surface area contributed by atoms with Crippen molar-refractivity contribution >= 4 is 0 Å². The smallest absolute Gasteiger partial charge is 0.0843 e. The maximum absolute atomic E-state index is 9.05. The fourth-order valence-electron chi connectivity index (χ4n) is 1.81. The summed E-state index contributed by atoms with van der Waals surface area (Å²) in [5, 5.41) is 53.1. The summed E-state index contributed by atoms with van der Waals surface area (Å²) < 4.78 is 5.05. The molecule has 1 heterocycles. The topological polar surface area (TPSA) is 134 Å². The van der Waals surface area contributed by atoms with E-state index in [2.05, 4.69) is 0 Å². The fourth-order valence-corrected chi connectivity index (χ4v) is 1.81. The maximum Gasteiger partial charge on any atom is 0.0843 e. The van der Waals surface area contributed by atoms with Crippen LogP contribution in [0.5, 0.6) is 0 Å². The van der Waals surface area contributed by atoms with Gasteiger partial charge in [0.1, 0.15) is 0 Å². The molecular formula is C14H30O7. The van der Waals surface area contributed by atoms with Crippen LogP contribution >= 0.6 is 0 Å². The van der Waals surface area contributed by atoms with Crippen molar-refractivity contribution in [1.29, 1.82) is 0 Å². The lowest BCUT2D eigenvalue weighted by Gasteiger charge is -2.32. The lowest BCUT2D eigenvalue weighted by molar-refractivity contribution is -0.0407. The van der Waals surface area contributed by atoms with Gasteiger partial charge >= 0.3 is 0 Å². The van der Waals surface area contributed by atoms with Gasteiger partial charge in [0.25, 0.3) is 0 Å². The third kappa shape index (κ3) is 5.45. The van der Waals surface area contributed by atoms with E-state index >= 15 is 0 Å². The second-order valence-electron chi connectivity index (χ2n) is 5.83. The van der Waals surface area contributed by atoms with Crippen molar-refractivity contribution in [3.63, 3.8) is 0 Å². The van der Waals surface area contributed by atoms with Crippen LogP contribution in [0.3, 0.4) is 0 Å². The number of epoxide rings is 1. The number of hydrogen-bond donors (Lipinski definition) is 6. The highest BCUT2D eigenvalue weighted by Gasteiger charge is 2.44. The van der Waals surface area contributed by atoms with Crippen LogP contribution < -0.4 is 0 Å². The first-order valence-corrected chi connectivity index (χ1v) is 7.21. The van der Waals surface area contributed by atoms with E-state index in [4.69, 9.17) is 35.4 Å². The molecule has 2 atom stereocenters. The van der Waals surface area contributed by atoms with Crippen LogP contribution in [0.15, 0.2) is 0 Å². The highest BCUT2D eigenvalue weighted by molar-refractivity contribution is 4.91. The molecular weight excluding hydrogens is 280 g/mol. The Hall–Kier alpha value is -0.280. The first kappa shape index (κ1) is 20.7. The second-order valence-corrected chi connectivity index (χ2v) is 5.83. The van der Waals surface area contributed by atoms with Crippen molar-refractivity contribution in [3.05, 3.63) is 0 Å². The Labute approximate surface area is 125 Å². The Morgan fingerprint density at radius 1 is 0.905 bits per heavy atom. The van der Waals surface area contributed by atoms with Crippen molar-refractivity contribution in [2.24, 2.45) is 16.7 Å². The number of ether oxygens (including phenoxy) is 1. The van der Waals surface area contributed by atoms with E-state index in [0.717, 1.165) is 0 Å². The third-order valence-corrected chi connectivity index (χ3v) is 4.58. The molecule has 0 spiro atoms. The van der Waals surface area contributed by atoms with Crippen LogP contribution in [0.2, 0.25) is 0 Å². The molecule has 0 aromatic carbocycles. The molecule has 1 rings (SSSR count). The molecule has 1 saturated heterocycles. The molecule has 0 aromatic rings. The van der Waals surface area contributed by atoms with Crippen LogP contribution in [-0.2, 0) is 4.74 Å². The van der Waals surface area contributed by atoms with Gasteiger partial charge in [0, 0.05) is 10.8 Å². The van der Waals surface area contributed by atoms with Crippen LogP contribution in [-0.4, -0.2) is 83.0 Å². The Balaban J connectivity index is 0.000000400. The van der Waals surface area contributed by atoms with Gasteiger partial charge in [0.2, 0.25) is 0 Å². The molecule has 0 aromatic heterocycles. The molecule has 0 amide bonds. The van der Waals surface area contributed by atoms with Gasteiger partial charge in [-0.05, 0) is 12.3 Å². The lowest BCUT2D eigenvalue weighted by Crippen LogP contribution is -2.42. The summed E-state index contributed by atoms with van der Waals surface area (Å²) in [5.41, 5.74) is -1.46. The zero-order valence-corrected chi connectivity index (χ0v) is 12.9. The predicted octanol–water partition coefficient (Wildman–Crippen LogP) is -1.66. The average Bonchev–Trinajstić information content (AvgIpc) is 3.38. The molecule has 0 aliphatic carbocycles. The molecule has 2 unspecified atom stereocenters. The molecule has 7 heteroatoms. The summed E-state index contributed by atoms with van der Waals surface area (Å²) in [5.74, 6) is -0.00231. The van der Waals surface area contributed by atoms with Crippen molar-refractivity contribution < 1.29 is 35.4 Å². The van der Waals surface area contributed by atoms with Gasteiger partial charge in [-0.3, -0.25) is 0 Å². The summed E-state index contributed by atoms with van der Waals surface area (Å²) in [4.78, 5) is 0. The van der Waals surface area contributed by atoms with Gasteiger partial charge in [0.15, 0.2) is 0 Å². The van der Waals surface area contributed by atoms with Gasteiger partial charge in [0.05, 0.1) is 52.4 Å². The Morgan fingerprint density at radius 2 is 1.29 bits per heavy atom. The van der Waals surface area contributed by atoms with E-state index in [0.29, 0.717) is 13.0 Å².